The molecule has 3 N–H and O–H groups in total. The molecule has 1 saturated heterocycles. The summed E-state index contributed by atoms with van der Waals surface area (Å²) in [6.07, 6.45) is 0.391. The van der Waals surface area contributed by atoms with E-state index in [1.54, 1.807) is 6.07 Å². The molecule has 8 heteroatoms. The van der Waals surface area contributed by atoms with E-state index in [9.17, 15) is 19.2 Å². The van der Waals surface area contributed by atoms with Crippen molar-refractivity contribution in [2.45, 2.75) is 58.1 Å². The van der Waals surface area contributed by atoms with E-state index in [-0.39, 0.29) is 43.2 Å². The van der Waals surface area contributed by atoms with Gasteiger partial charge in [-0.2, -0.15) is 0 Å². The molecular formula is C28H33N3O5. The van der Waals surface area contributed by atoms with Crippen molar-refractivity contribution in [3.63, 3.8) is 0 Å². The third-order valence-electron chi connectivity index (χ3n) is 6.96. The maximum absolute atomic E-state index is 13.9. The van der Waals surface area contributed by atoms with Crippen molar-refractivity contribution in [1.29, 1.82) is 0 Å². The van der Waals surface area contributed by atoms with Crippen LogP contribution in [0.4, 0.5) is 5.69 Å². The largest absolute Gasteiger partial charge is 0.461 e. The van der Waals surface area contributed by atoms with E-state index in [1.165, 1.54) is 4.90 Å². The van der Waals surface area contributed by atoms with Gasteiger partial charge in [-0.05, 0) is 35.4 Å². The fourth-order valence-electron chi connectivity index (χ4n) is 5.34. The molecule has 4 rings (SSSR count). The molecule has 1 spiro atoms. The average molecular weight is 492 g/mol. The molecule has 2 aliphatic heterocycles. The summed E-state index contributed by atoms with van der Waals surface area (Å²) in [5.41, 5.74) is 6.70. The molecule has 8 nitrogen and oxygen atoms in total. The van der Waals surface area contributed by atoms with Crippen LogP contribution in [-0.4, -0.2) is 41.2 Å². The van der Waals surface area contributed by atoms with Crippen LogP contribution in [0.2, 0.25) is 0 Å². The summed E-state index contributed by atoms with van der Waals surface area (Å²) in [6.45, 7) is 6.10. The monoisotopic (exact) mass is 491 g/mol. The van der Waals surface area contributed by atoms with Crippen molar-refractivity contribution in [1.82, 2.24) is 4.90 Å². The molecule has 2 aromatic rings. The summed E-state index contributed by atoms with van der Waals surface area (Å²) in [5.74, 6) is -2.49. The maximum atomic E-state index is 13.9. The van der Waals surface area contributed by atoms with E-state index < -0.39 is 29.3 Å². The second-order valence-corrected chi connectivity index (χ2v) is 11.0. The number of rotatable bonds is 7. The molecule has 3 atom stereocenters. The Kier molecular flexibility index (Phi) is 6.89. The number of fused-ring (bicyclic) bond motifs is 2. The summed E-state index contributed by atoms with van der Waals surface area (Å²) in [5, 5.41) is 2.88. The third kappa shape index (κ3) is 5.12. The van der Waals surface area contributed by atoms with Gasteiger partial charge in [0.05, 0.1) is 11.8 Å². The van der Waals surface area contributed by atoms with Crippen molar-refractivity contribution in [3.05, 3.63) is 65.7 Å². The second kappa shape index (κ2) is 9.76. The van der Waals surface area contributed by atoms with Gasteiger partial charge in [-0.25, -0.2) is 0 Å². The van der Waals surface area contributed by atoms with Crippen LogP contribution in [0.15, 0.2) is 54.6 Å². The minimum atomic E-state index is -1.05. The molecule has 0 aromatic heterocycles. The molecule has 0 saturated carbocycles. The molecule has 2 aromatic carbocycles. The van der Waals surface area contributed by atoms with Crippen LogP contribution < -0.4 is 11.1 Å². The number of carbonyl (C=O) groups excluding carboxylic acids is 4. The highest BCUT2D eigenvalue weighted by atomic mass is 16.5. The number of primary amides is 1. The van der Waals surface area contributed by atoms with Crippen LogP contribution in [-0.2, 0) is 35.9 Å². The van der Waals surface area contributed by atoms with Gasteiger partial charge < -0.3 is 20.7 Å². The fourth-order valence-corrected chi connectivity index (χ4v) is 5.34. The number of hydrogen-bond donors (Lipinski definition) is 2. The first-order valence-electron chi connectivity index (χ1n) is 12.2. The Morgan fingerprint density at radius 1 is 1.11 bits per heavy atom. The Morgan fingerprint density at radius 3 is 2.44 bits per heavy atom. The molecule has 3 amide bonds. The van der Waals surface area contributed by atoms with Crippen molar-refractivity contribution in [3.8, 4) is 0 Å². The molecule has 1 fully saturated rings. The Hall–Kier alpha value is -3.68. The zero-order valence-electron chi connectivity index (χ0n) is 21.0. The predicted molar refractivity (Wildman–Crippen MR) is 134 cm³/mol. The number of likely N-dealkylation sites (tertiary alicyclic amines) is 1. The molecule has 0 bridgehead atoms. The standard InChI is InChI=1S/C28H33N3O5/c1-27(2,3)14-19(13-23(32)36-16-18-9-5-4-6-10-18)25(34)31-17-28(15-22(31)24(29)33)20-11-7-8-12-21(20)30-26(28)35/h4-12,19,22H,13-17H2,1-3H3,(H2,29,33)(H,30,35)/t19-,22-,28-/m0/s1. The third-order valence-corrected chi connectivity index (χ3v) is 6.96. The summed E-state index contributed by atoms with van der Waals surface area (Å²) >= 11 is 0. The molecule has 0 radical (unpaired) electrons. The number of hydrogen-bond acceptors (Lipinski definition) is 5. The average Bonchev–Trinajstić information content (AvgIpc) is 3.36. The topological polar surface area (TPSA) is 119 Å². The van der Waals surface area contributed by atoms with Gasteiger partial charge in [0.1, 0.15) is 12.6 Å². The number of nitrogens with zero attached hydrogens (tertiary/aromatic N) is 1. The van der Waals surface area contributed by atoms with E-state index in [4.69, 9.17) is 10.5 Å². The van der Waals surface area contributed by atoms with Gasteiger partial charge in [-0.1, -0.05) is 69.3 Å². The van der Waals surface area contributed by atoms with Crippen molar-refractivity contribution in [2.75, 3.05) is 11.9 Å². The number of amides is 3. The van der Waals surface area contributed by atoms with Gasteiger partial charge in [-0.15, -0.1) is 0 Å². The zero-order valence-corrected chi connectivity index (χ0v) is 21.0. The van der Waals surface area contributed by atoms with Crippen molar-refractivity contribution >= 4 is 29.4 Å². The highest BCUT2D eigenvalue weighted by molar-refractivity contribution is 6.08. The number of ether oxygens (including phenoxy) is 1. The summed E-state index contributed by atoms with van der Waals surface area (Å²) in [4.78, 5) is 53.6. The zero-order chi connectivity index (χ0) is 26.1. The van der Waals surface area contributed by atoms with E-state index >= 15 is 0 Å². The normalized spacial score (nSPS) is 21.7. The van der Waals surface area contributed by atoms with Gasteiger partial charge in [0.25, 0.3) is 0 Å². The van der Waals surface area contributed by atoms with Crippen LogP contribution >= 0.6 is 0 Å². The highest BCUT2D eigenvalue weighted by Gasteiger charge is 2.57. The van der Waals surface area contributed by atoms with E-state index in [0.29, 0.717) is 12.1 Å². The van der Waals surface area contributed by atoms with Crippen LogP contribution in [0.25, 0.3) is 0 Å². The number of esters is 1. The Labute approximate surface area is 211 Å². The van der Waals surface area contributed by atoms with E-state index in [0.717, 1.165) is 11.1 Å². The lowest BCUT2D eigenvalue weighted by Gasteiger charge is -2.31. The first-order valence-corrected chi connectivity index (χ1v) is 12.2. The quantitative estimate of drug-likeness (QED) is 0.577. The van der Waals surface area contributed by atoms with Crippen molar-refractivity contribution in [2.24, 2.45) is 17.1 Å². The number of nitrogens with two attached hydrogens (primary N) is 1. The molecule has 0 aliphatic carbocycles. The Balaban J connectivity index is 1.57. The lowest BCUT2D eigenvalue weighted by molar-refractivity contribution is -0.151. The smallest absolute Gasteiger partial charge is 0.306 e. The molecule has 2 heterocycles. The number of anilines is 1. The first kappa shape index (κ1) is 25.4. The van der Waals surface area contributed by atoms with Gasteiger partial charge in [0, 0.05) is 18.2 Å². The SMILES string of the molecule is CC(C)(C)C[C@H](CC(=O)OCc1ccccc1)C(=O)N1C[C@]2(C[C@H]1C(N)=O)C(=O)Nc1ccccc12. The number of nitrogens with one attached hydrogen (secondary N) is 1. The number of para-hydroxylation sites is 1. The minimum Gasteiger partial charge on any atom is -0.461 e. The second-order valence-electron chi connectivity index (χ2n) is 11.0. The van der Waals surface area contributed by atoms with E-state index in [1.807, 2.05) is 69.3 Å². The number of carbonyl (C=O) groups is 4. The molecule has 0 unspecified atom stereocenters. The minimum absolute atomic E-state index is 0.0298. The number of benzene rings is 2. The lowest BCUT2D eigenvalue weighted by atomic mass is 9.79. The van der Waals surface area contributed by atoms with Gasteiger partial charge in [0.15, 0.2) is 0 Å². The highest BCUT2D eigenvalue weighted by Crippen LogP contribution is 2.47. The summed E-state index contributed by atoms with van der Waals surface area (Å²) < 4.78 is 5.45. The Morgan fingerprint density at radius 2 is 1.78 bits per heavy atom. The molecule has 36 heavy (non-hydrogen) atoms. The van der Waals surface area contributed by atoms with Crippen LogP contribution in [0, 0.1) is 11.3 Å². The molecule has 190 valence electrons. The van der Waals surface area contributed by atoms with Gasteiger partial charge >= 0.3 is 5.97 Å². The summed E-state index contributed by atoms with van der Waals surface area (Å²) in [6, 6.07) is 15.7. The van der Waals surface area contributed by atoms with Gasteiger partial charge in [-0.3, -0.25) is 19.2 Å². The maximum Gasteiger partial charge on any atom is 0.306 e. The lowest BCUT2D eigenvalue weighted by Crippen LogP contribution is -2.47. The summed E-state index contributed by atoms with van der Waals surface area (Å²) in [7, 11) is 0. The van der Waals surface area contributed by atoms with Gasteiger partial charge in [0.2, 0.25) is 17.7 Å². The van der Waals surface area contributed by atoms with Crippen LogP contribution in [0.3, 0.4) is 0 Å². The van der Waals surface area contributed by atoms with Crippen molar-refractivity contribution < 1.29 is 23.9 Å². The first-order chi connectivity index (χ1) is 17.0. The Bertz CT molecular complexity index is 1170. The fraction of sp³-hybridized carbons (Fsp3) is 0.429. The molecule has 2 aliphatic rings. The predicted octanol–water partition coefficient (Wildman–Crippen LogP) is 3.15. The van der Waals surface area contributed by atoms with E-state index in [2.05, 4.69) is 5.32 Å². The van der Waals surface area contributed by atoms with Crippen LogP contribution in [0.5, 0.6) is 0 Å². The molecular weight excluding hydrogens is 458 g/mol. The van der Waals surface area contributed by atoms with Crippen LogP contribution in [0.1, 0.15) is 51.2 Å².